The van der Waals surface area contributed by atoms with Gasteiger partial charge < -0.3 is 10.2 Å². The number of hydrogen-bond acceptors (Lipinski definition) is 4. The van der Waals surface area contributed by atoms with Gasteiger partial charge in [-0.15, -0.1) is 0 Å². The Kier molecular flexibility index (Phi) is 14.2. The van der Waals surface area contributed by atoms with Crippen molar-refractivity contribution in [2.45, 2.75) is 158 Å². The molecule has 2 fully saturated rings. The molecule has 2 N–H and O–H groups in total. The lowest BCUT2D eigenvalue weighted by molar-refractivity contribution is 0.125. The molecule has 0 amide bonds. The minimum atomic E-state index is 0.104. The average Bonchev–Trinajstić information content (AvgIpc) is 2.84. The highest BCUT2D eigenvalue weighted by Gasteiger charge is 2.27. The third-order valence-electron chi connectivity index (χ3n) is 8.53. The van der Waals surface area contributed by atoms with Crippen molar-refractivity contribution in [3.8, 4) is 0 Å². The molecule has 2 heterocycles. The van der Waals surface area contributed by atoms with Crippen LogP contribution < -0.4 is 0 Å². The second-order valence-corrected chi connectivity index (χ2v) is 15.5. The van der Waals surface area contributed by atoms with E-state index in [9.17, 15) is 10.2 Å². The van der Waals surface area contributed by atoms with Crippen LogP contribution in [-0.4, -0.2) is 44.4 Å². The predicted molar refractivity (Wildman–Crippen MR) is 151 cm³/mol. The van der Waals surface area contributed by atoms with E-state index >= 15 is 0 Å². The van der Waals surface area contributed by atoms with Crippen molar-refractivity contribution < 1.29 is 10.2 Å². The van der Waals surface area contributed by atoms with Gasteiger partial charge in [0, 0.05) is 34.2 Å². The van der Waals surface area contributed by atoms with E-state index in [0.29, 0.717) is 13.2 Å². The Balaban J connectivity index is 1.59. The monoisotopic (exact) mass is 500 g/mol. The van der Waals surface area contributed by atoms with Gasteiger partial charge in [-0.25, -0.2) is 0 Å². The molecule has 0 radical (unpaired) electrons. The van der Waals surface area contributed by atoms with Crippen LogP contribution in [0.2, 0.25) is 0 Å². The zero-order chi connectivity index (χ0) is 24.2. The van der Waals surface area contributed by atoms with E-state index < -0.39 is 0 Å². The number of hydrogen-bond donors (Lipinski definition) is 2. The van der Waals surface area contributed by atoms with Gasteiger partial charge in [0.25, 0.3) is 0 Å². The minimum absolute atomic E-state index is 0.104. The van der Waals surface area contributed by atoms with Crippen molar-refractivity contribution in [3.63, 3.8) is 0 Å². The molecule has 0 aliphatic carbocycles. The molecule has 0 saturated carbocycles. The highest BCUT2D eigenvalue weighted by Crippen LogP contribution is 2.41. The fraction of sp³-hybridized carbons (Fsp3) is 1.00. The first kappa shape index (κ1) is 29.8. The van der Waals surface area contributed by atoms with E-state index in [4.69, 9.17) is 0 Å². The first-order valence-corrected chi connectivity index (χ1v) is 16.2. The molecule has 2 aliphatic rings. The molecular weight excluding hydrogens is 444 g/mol. The van der Waals surface area contributed by atoms with Gasteiger partial charge in [-0.2, -0.15) is 23.5 Å². The van der Waals surface area contributed by atoms with Gasteiger partial charge in [0.05, 0.1) is 0 Å². The third kappa shape index (κ3) is 11.9. The summed E-state index contributed by atoms with van der Waals surface area (Å²) in [6.45, 7) is 9.48. The maximum Gasteiger partial charge on any atom is 0.0484 e. The molecule has 5 unspecified atom stereocenters. The van der Waals surface area contributed by atoms with Crippen LogP contribution in [0.3, 0.4) is 0 Å². The van der Waals surface area contributed by atoms with Crippen LogP contribution >= 0.6 is 23.5 Å². The molecule has 33 heavy (non-hydrogen) atoms. The van der Waals surface area contributed by atoms with Crippen LogP contribution in [0, 0.1) is 10.8 Å². The van der Waals surface area contributed by atoms with Crippen LogP contribution in [0.5, 0.6) is 0 Å². The summed E-state index contributed by atoms with van der Waals surface area (Å²) in [5.41, 5.74) is 0.251. The topological polar surface area (TPSA) is 40.5 Å². The van der Waals surface area contributed by atoms with Crippen LogP contribution in [0.1, 0.15) is 137 Å². The zero-order valence-electron chi connectivity index (χ0n) is 22.5. The lowest BCUT2D eigenvalue weighted by Gasteiger charge is -2.33. The lowest BCUT2D eigenvalue weighted by Crippen LogP contribution is -2.22. The molecule has 2 rings (SSSR count). The van der Waals surface area contributed by atoms with Gasteiger partial charge in [-0.05, 0) is 81.5 Å². The molecule has 0 spiro atoms. The smallest absolute Gasteiger partial charge is 0.0484 e. The SMILES string of the molecule is CCC(C)(CO)CCCCC1CCCC(CCC2CCCC(CCCCC(C)(C)CO)S2)S1. The van der Waals surface area contributed by atoms with Gasteiger partial charge in [0.2, 0.25) is 0 Å². The Labute approximate surface area is 215 Å². The normalized spacial score (nSPS) is 28.5. The Bertz CT molecular complexity index is 506. The molecule has 5 atom stereocenters. The third-order valence-corrected chi connectivity index (χ3v) is 12.0. The maximum atomic E-state index is 9.63. The molecule has 2 nitrogen and oxygen atoms in total. The molecule has 0 bridgehead atoms. The van der Waals surface area contributed by atoms with Gasteiger partial charge in [-0.3, -0.25) is 0 Å². The van der Waals surface area contributed by atoms with Crippen LogP contribution in [0.4, 0.5) is 0 Å². The van der Waals surface area contributed by atoms with E-state index in [0.717, 1.165) is 33.8 Å². The summed E-state index contributed by atoms with van der Waals surface area (Å²) in [5, 5.41) is 22.7. The molecule has 2 saturated heterocycles. The number of aliphatic hydroxyl groups excluding tert-OH is 2. The van der Waals surface area contributed by atoms with Crippen molar-refractivity contribution in [1.29, 1.82) is 0 Å². The summed E-state index contributed by atoms with van der Waals surface area (Å²) in [7, 11) is 0. The maximum absolute atomic E-state index is 9.63. The Morgan fingerprint density at radius 2 is 1.09 bits per heavy atom. The summed E-state index contributed by atoms with van der Waals surface area (Å²) in [6.07, 6.45) is 22.9. The van der Waals surface area contributed by atoms with Crippen molar-refractivity contribution in [1.82, 2.24) is 0 Å². The Hall–Kier alpha value is 0.620. The average molecular weight is 501 g/mol. The van der Waals surface area contributed by atoms with Gasteiger partial charge in [0.1, 0.15) is 0 Å². The van der Waals surface area contributed by atoms with Gasteiger partial charge >= 0.3 is 0 Å². The van der Waals surface area contributed by atoms with Crippen molar-refractivity contribution in [2.24, 2.45) is 10.8 Å². The minimum Gasteiger partial charge on any atom is -0.396 e. The van der Waals surface area contributed by atoms with Crippen molar-refractivity contribution in [3.05, 3.63) is 0 Å². The zero-order valence-corrected chi connectivity index (χ0v) is 24.1. The lowest BCUT2D eigenvalue weighted by atomic mass is 9.83. The number of unbranched alkanes of at least 4 members (excludes halogenated alkanes) is 2. The second-order valence-electron chi connectivity index (χ2n) is 12.3. The van der Waals surface area contributed by atoms with E-state index in [1.807, 2.05) is 0 Å². The highest BCUT2D eigenvalue weighted by molar-refractivity contribution is 8.00. The fourth-order valence-corrected chi connectivity index (χ4v) is 8.98. The number of thioether (sulfide) groups is 2. The van der Waals surface area contributed by atoms with E-state index in [1.165, 1.54) is 96.3 Å². The molecule has 4 heteroatoms. The van der Waals surface area contributed by atoms with Gasteiger partial charge in [-0.1, -0.05) is 66.2 Å². The molecule has 0 aromatic carbocycles. The Morgan fingerprint density at radius 1 is 0.636 bits per heavy atom. The summed E-state index contributed by atoms with van der Waals surface area (Å²) in [4.78, 5) is 0. The quantitative estimate of drug-likeness (QED) is 0.208. The molecule has 0 aromatic heterocycles. The van der Waals surface area contributed by atoms with E-state index in [2.05, 4.69) is 51.2 Å². The molecular formula is C29H56O2S2. The van der Waals surface area contributed by atoms with Crippen LogP contribution in [0.15, 0.2) is 0 Å². The largest absolute Gasteiger partial charge is 0.396 e. The summed E-state index contributed by atoms with van der Waals surface area (Å²) < 4.78 is 0. The molecule has 2 aliphatic heterocycles. The number of rotatable bonds is 16. The fourth-order valence-electron chi connectivity index (χ4n) is 5.53. The Morgan fingerprint density at radius 3 is 1.52 bits per heavy atom. The van der Waals surface area contributed by atoms with Crippen LogP contribution in [0.25, 0.3) is 0 Å². The van der Waals surface area contributed by atoms with E-state index in [1.54, 1.807) is 0 Å². The summed E-state index contributed by atoms with van der Waals surface area (Å²) in [6, 6.07) is 0. The predicted octanol–water partition coefficient (Wildman–Crippen LogP) is 8.62. The summed E-state index contributed by atoms with van der Waals surface area (Å²) >= 11 is 4.66. The summed E-state index contributed by atoms with van der Waals surface area (Å²) in [5.74, 6) is 0. The second kappa shape index (κ2) is 15.7. The standard InChI is InChI=1S/C29H56O2S2/c1-5-29(4,23-31)21-9-7-13-25-15-11-17-27(33-25)19-18-26-16-10-14-24(32-26)12-6-8-20-28(2,3)22-30/h24-27,30-31H,5-23H2,1-4H3. The first-order chi connectivity index (χ1) is 15.8. The number of aliphatic hydroxyl groups is 2. The first-order valence-electron chi connectivity index (χ1n) is 14.3. The van der Waals surface area contributed by atoms with E-state index in [-0.39, 0.29) is 10.8 Å². The highest BCUT2D eigenvalue weighted by atomic mass is 32.2. The van der Waals surface area contributed by atoms with Crippen LogP contribution in [-0.2, 0) is 0 Å². The molecule has 196 valence electrons. The molecule has 0 aromatic rings. The van der Waals surface area contributed by atoms with Gasteiger partial charge in [0.15, 0.2) is 0 Å². The van der Waals surface area contributed by atoms with Crippen molar-refractivity contribution in [2.75, 3.05) is 13.2 Å². The van der Waals surface area contributed by atoms with Crippen molar-refractivity contribution >= 4 is 23.5 Å².